The number of benzene rings is 2. The fourth-order valence-corrected chi connectivity index (χ4v) is 3.02. The third kappa shape index (κ3) is 2.94. The van der Waals surface area contributed by atoms with Crippen LogP contribution in [0.3, 0.4) is 0 Å². The van der Waals surface area contributed by atoms with E-state index in [0.717, 1.165) is 5.56 Å². The predicted molar refractivity (Wildman–Crippen MR) is 74.8 cm³/mol. The predicted octanol–water partition coefficient (Wildman–Crippen LogP) is 3.80. The van der Waals surface area contributed by atoms with Crippen molar-refractivity contribution in [2.24, 2.45) is 0 Å². The molecule has 0 aromatic heterocycles. The Morgan fingerprint density at radius 3 is 2.05 bits per heavy atom. The first-order chi connectivity index (χ1) is 10.1. The number of aryl methyl sites for hydroxylation is 2. The zero-order valence-corrected chi connectivity index (χ0v) is 12.9. The van der Waals surface area contributed by atoms with Gasteiger partial charge < -0.3 is 4.18 Å². The molecule has 0 unspecified atom stereocenters. The Bertz CT molecular complexity index is 846. The second-order valence-electron chi connectivity index (χ2n) is 4.89. The average Bonchev–Trinajstić information content (AvgIpc) is 2.43. The Kier molecular flexibility index (Phi) is 4.19. The Morgan fingerprint density at radius 2 is 1.41 bits per heavy atom. The van der Waals surface area contributed by atoms with Gasteiger partial charge in [-0.15, -0.1) is 0 Å². The molecular weight excluding hydrogens is 317 g/mol. The van der Waals surface area contributed by atoms with Gasteiger partial charge in [0.25, 0.3) is 0 Å². The molecule has 0 saturated carbocycles. The lowest BCUT2D eigenvalue weighted by atomic mass is 10.1. The van der Waals surface area contributed by atoms with Crippen LogP contribution < -0.4 is 4.18 Å². The molecule has 22 heavy (non-hydrogen) atoms. The van der Waals surface area contributed by atoms with Gasteiger partial charge in [-0.1, -0.05) is 12.1 Å². The minimum atomic E-state index is -4.63. The van der Waals surface area contributed by atoms with E-state index in [1.165, 1.54) is 0 Å². The highest BCUT2D eigenvalue weighted by Crippen LogP contribution is 2.30. The Balaban J connectivity index is 2.54. The summed E-state index contributed by atoms with van der Waals surface area (Å²) in [6.45, 7) is 5.03. The third-order valence-corrected chi connectivity index (χ3v) is 4.55. The zero-order chi connectivity index (χ0) is 16.7. The van der Waals surface area contributed by atoms with Gasteiger partial charge >= 0.3 is 10.1 Å². The van der Waals surface area contributed by atoms with E-state index in [-0.39, 0.29) is 17.9 Å². The van der Waals surface area contributed by atoms with Crippen molar-refractivity contribution in [3.05, 3.63) is 58.4 Å². The molecule has 0 saturated heterocycles. The second-order valence-corrected chi connectivity index (χ2v) is 6.40. The van der Waals surface area contributed by atoms with E-state index in [1.54, 1.807) is 32.9 Å². The Labute approximate surface area is 126 Å². The molecule has 2 rings (SSSR count). The summed E-state index contributed by atoms with van der Waals surface area (Å²) >= 11 is 0. The molecule has 2 aromatic carbocycles. The molecule has 3 nitrogen and oxygen atoms in total. The van der Waals surface area contributed by atoms with Crippen LogP contribution in [0.4, 0.5) is 13.2 Å². The summed E-state index contributed by atoms with van der Waals surface area (Å²) < 4.78 is 69.0. The van der Waals surface area contributed by atoms with E-state index in [4.69, 9.17) is 4.18 Å². The molecule has 118 valence electrons. The highest BCUT2D eigenvalue weighted by molar-refractivity contribution is 7.87. The third-order valence-electron chi connectivity index (χ3n) is 3.31. The van der Waals surface area contributed by atoms with Crippen molar-refractivity contribution in [3.63, 3.8) is 0 Å². The van der Waals surface area contributed by atoms with Gasteiger partial charge in [-0.25, -0.2) is 13.2 Å². The van der Waals surface area contributed by atoms with Gasteiger partial charge in [0, 0.05) is 12.1 Å². The molecule has 0 aliphatic heterocycles. The molecule has 0 bridgehead atoms. The van der Waals surface area contributed by atoms with Crippen LogP contribution in [0.2, 0.25) is 0 Å². The maximum atomic E-state index is 13.6. The van der Waals surface area contributed by atoms with Crippen LogP contribution in [0.5, 0.6) is 5.75 Å². The van der Waals surface area contributed by atoms with Crippen LogP contribution in [-0.4, -0.2) is 8.42 Å². The van der Waals surface area contributed by atoms with Gasteiger partial charge in [0.2, 0.25) is 0 Å². The average molecular weight is 330 g/mol. The Morgan fingerprint density at radius 1 is 0.864 bits per heavy atom. The summed E-state index contributed by atoms with van der Waals surface area (Å²) in [5, 5.41) is 0. The van der Waals surface area contributed by atoms with Gasteiger partial charge in [-0.3, -0.25) is 0 Å². The number of hydrogen-bond donors (Lipinski definition) is 0. The summed E-state index contributed by atoms with van der Waals surface area (Å²) in [4.78, 5) is -1.05. The Hall–Kier alpha value is -2.02. The van der Waals surface area contributed by atoms with E-state index in [9.17, 15) is 21.6 Å². The molecule has 0 fully saturated rings. The lowest BCUT2D eigenvalue weighted by Gasteiger charge is -2.14. The van der Waals surface area contributed by atoms with Crippen molar-refractivity contribution in [1.82, 2.24) is 0 Å². The highest BCUT2D eigenvalue weighted by Gasteiger charge is 2.25. The molecular formula is C15H13F3O3S. The minimum Gasteiger partial charge on any atom is -0.378 e. The van der Waals surface area contributed by atoms with E-state index >= 15 is 0 Å². The summed E-state index contributed by atoms with van der Waals surface area (Å²) in [5.74, 6) is -4.31. The van der Waals surface area contributed by atoms with Crippen LogP contribution in [0.25, 0.3) is 0 Å². The van der Waals surface area contributed by atoms with E-state index in [0.29, 0.717) is 11.1 Å². The molecule has 0 atom stereocenters. The topological polar surface area (TPSA) is 43.4 Å². The first-order valence-corrected chi connectivity index (χ1v) is 7.70. The van der Waals surface area contributed by atoms with Crippen molar-refractivity contribution in [2.75, 3.05) is 0 Å². The van der Waals surface area contributed by atoms with Crippen LogP contribution >= 0.6 is 0 Å². The fraction of sp³-hybridized carbons (Fsp3) is 0.200. The van der Waals surface area contributed by atoms with Gasteiger partial charge in [-0.2, -0.15) is 8.42 Å². The molecule has 0 heterocycles. The van der Waals surface area contributed by atoms with Crippen molar-refractivity contribution < 1.29 is 25.8 Å². The highest BCUT2D eigenvalue weighted by atomic mass is 32.2. The van der Waals surface area contributed by atoms with E-state index in [1.807, 2.05) is 0 Å². The molecule has 0 aliphatic rings. The molecule has 0 radical (unpaired) electrons. The summed E-state index contributed by atoms with van der Waals surface area (Å²) in [6.07, 6.45) is 0. The number of hydrogen-bond acceptors (Lipinski definition) is 3. The summed E-state index contributed by atoms with van der Waals surface area (Å²) in [5.41, 5.74) is 1.86. The van der Waals surface area contributed by atoms with Gasteiger partial charge in [0.05, 0.1) is 0 Å². The van der Waals surface area contributed by atoms with Crippen molar-refractivity contribution in [3.8, 4) is 5.75 Å². The maximum Gasteiger partial charge on any atom is 0.342 e. The maximum absolute atomic E-state index is 13.6. The first-order valence-electron chi connectivity index (χ1n) is 6.29. The molecule has 7 heteroatoms. The van der Waals surface area contributed by atoms with Gasteiger partial charge in [0.15, 0.2) is 11.6 Å². The quantitative estimate of drug-likeness (QED) is 0.635. The van der Waals surface area contributed by atoms with Gasteiger partial charge in [0.1, 0.15) is 16.5 Å². The molecule has 0 aliphatic carbocycles. The van der Waals surface area contributed by atoms with Crippen molar-refractivity contribution in [2.45, 2.75) is 25.7 Å². The number of halogens is 3. The first kappa shape index (κ1) is 16.4. The molecule has 0 amide bonds. The minimum absolute atomic E-state index is 0.0455. The molecule has 2 aromatic rings. The largest absolute Gasteiger partial charge is 0.378 e. The standard InChI is InChI=1S/C15H13F3O3S/c1-8-4-5-9(2)15(10(8)3)21-22(19,20)14-7-12(17)11(16)6-13(14)18/h4-7H,1-3H3. The van der Waals surface area contributed by atoms with Crippen LogP contribution in [0, 0.1) is 38.2 Å². The van der Waals surface area contributed by atoms with Crippen LogP contribution in [0.1, 0.15) is 16.7 Å². The lowest BCUT2D eigenvalue weighted by Crippen LogP contribution is -2.14. The summed E-state index contributed by atoms with van der Waals surface area (Å²) in [6, 6.07) is 3.86. The van der Waals surface area contributed by atoms with Crippen molar-refractivity contribution >= 4 is 10.1 Å². The SMILES string of the molecule is Cc1ccc(C)c(OS(=O)(=O)c2cc(F)c(F)cc2F)c1C. The zero-order valence-electron chi connectivity index (χ0n) is 12.1. The van der Waals surface area contributed by atoms with Crippen molar-refractivity contribution in [1.29, 1.82) is 0 Å². The van der Waals surface area contributed by atoms with E-state index < -0.39 is 32.5 Å². The smallest absolute Gasteiger partial charge is 0.342 e. The molecule has 0 N–H and O–H groups in total. The second kappa shape index (κ2) is 5.64. The fourth-order valence-electron chi connectivity index (χ4n) is 1.90. The monoisotopic (exact) mass is 330 g/mol. The van der Waals surface area contributed by atoms with Gasteiger partial charge in [-0.05, 0) is 37.5 Å². The van der Waals surface area contributed by atoms with E-state index in [2.05, 4.69) is 0 Å². The number of rotatable bonds is 3. The summed E-state index contributed by atoms with van der Waals surface area (Å²) in [7, 11) is -4.63. The van der Waals surface area contributed by atoms with Crippen LogP contribution in [-0.2, 0) is 10.1 Å². The molecule has 0 spiro atoms. The lowest BCUT2D eigenvalue weighted by molar-refractivity contribution is 0.458. The van der Waals surface area contributed by atoms with Crippen LogP contribution in [0.15, 0.2) is 29.2 Å². The normalized spacial score (nSPS) is 11.5.